The van der Waals surface area contributed by atoms with Gasteiger partial charge in [0, 0.05) is 0 Å². The molecule has 0 radical (unpaired) electrons. The van der Waals surface area contributed by atoms with Crippen LogP contribution in [0.3, 0.4) is 0 Å². The Morgan fingerprint density at radius 1 is 1.12 bits per heavy atom. The normalized spacial score (nSPS) is 10.2. The lowest BCUT2D eigenvalue weighted by Crippen LogP contribution is -2.15. The van der Waals surface area contributed by atoms with E-state index in [1.165, 1.54) is 6.07 Å². The lowest BCUT2D eigenvalue weighted by molar-refractivity contribution is -0.115. The quantitative estimate of drug-likeness (QED) is 0.754. The van der Waals surface area contributed by atoms with Gasteiger partial charge < -0.3 is 14.8 Å². The Labute approximate surface area is 151 Å². The van der Waals surface area contributed by atoms with Gasteiger partial charge in [0.2, 0.25) is 5.91 Å². The number of hydrogen-bond donors (Lipinski definition) is 1. The summed E-state index contributed by atoms with van der Waals surface area (Å²) in [6, 6.07) is 11.9. The van der Waals surface area contributed by atoms with Crippen molar-refractivity contribution in [1.82, 2.24) is 0 Å². The van der Waals surface area contributed by atoms with E-state index in [9.17, 15) is 9.59 Å². The highest BCUT2D eigenvalue weighted by atomic mass is 35.5. The molecule has 0 aliphatic rings. The molecule has 5 nitrogen and oxygen atoms in total. The number of hydrogen-bond acceptors (Lipinski definition) is 4. The second-order valence-corrected chi connectivity index (χ2v) is 5.81. The van der Waals surface area contributed by atoms with Gasteiger partial charge in [0.15, 0.2) is 0 Å². The Bertz CT molecular complexity index is 744. The predicted molar refractivity (Wildman–Crippen MR) is 97.4 cm³/mol. The van der Waals surface area contributed by atoms with Crippen molar-refractivity contribution in [2.45, 2.75) is 19.8 Å². The summed E-state index contributed by atoms with van der Waals surface area (Å²) in [5.74, 6) is 0.0563. The van der Waals surface area contributed by atoms with Crippen LogP contribution in [0.4, 0.5) is 5.69 Å². The van der Waals surface area contributed by atoms with Crippen LogP contribution in [0.1, 0.15) is 29.3 Å². The highest BCUT2D eigenvalue weighted by Crippen LogP contribution is 2.24. The molecule has 0 unspecified atom stereocenters. The van der Waals surface area contributed by atoms with Crippen molar-refractivity contribution < 1.29 is 19.1 Å². The van der Waals surface area contributed by atoms with Crippen LogP contribution in [0.5, 0.6) is 5.75 Å². The molecule has 0 aliphatic carbocycles. The third-order valence-corrected chi connectivity index (χ3v) is 3.77. The molecule has 0 fully saturated rings. The monoisotopic (exact) mass is 361 g/mol. The molecule has 1 amide bonds. The standard InChI is InChI=1S/C19H20ClNO4/c1-3-10-25-19(23)14-6-9-16(20)17(12-14)21-18(22)11-13-4-7-15(24-2)8-5-13/h4-9,12H,3,10-11H2,1-2H3,(H,21,22). The summed E-state index contributed by atoms with van der Waals surface area (Å²) in [7, 11) is 1.59. The second-order valence-electron chi connectivity index (χ2n) is 5.40. The average molecular weight is 362 g/mol. The number of anilines is 1. The third kappa shape index (κ3) is 5.50. The van der Waals surface area contributed by atoms with Crippen LogP contribution in [-0.2, 0) is 16.0 Å². The number of amides is 1. The fraction of sp³-hybridized carbons (Fsp3) is 0.263. The van der Waals surface area contributed by atoms with Gasteiger partial charge in [-0.1, -0.05) is 30.7 Å². The third-order valence-electron chi connectivity index (χ3n) is 3.44. The minimum Gasteiger partial charge on any atom is -0.497 e. The van der Waals surface area contributed by atoms with E-state index in [-0.39, 0.29) is 12.3 Å². The van der Waals surface area contributed by atoms with Gasteiger partial charge in [-0.3, -0.25) is 4.79 Å². The first-order valence-electron chi connectivity index (χ1n) is 7.93. The summed E-state index contributed by atoms with van der Waals surface area (Å²) >= 11 is 6.11. The predicted octanol–water partition coefficient (Wildman–Crippen LogP) is 4.10. The van der Waals surface area contributed by atoms with Gasteiger partial charge in [-0.05, 0) is 42.3 Å². The van der Waals surface area contributed by atoms with Crippen molar-refractivity contribution in [3.8, 4) is 5.75 Å². The number of ether oxygens (including phenoxy) is 2. The number of nitrogens with one attached hydrogen (secondary N) is 1. The van der Waals surface area contributed by atoms with E-state index in [2.05, 4.69) is 5.32 Å². The maximum atomic E-state index is 12.2. The van der Waals surface area contributed by atoms with Crippen molar-refractivity contribution in [1.29, 1.82) is 0 Å². The fourth-order valence-electron chi connectivity index (χ4n) is 2.15. The largest absolute Gasteiger partial charge is 0.497 e. The van der Waals surface area contributed by atoms with Crippen LogP contribution in [0.15, 0.2) is 42.5 Å². The van der Waals surface area contributed by atoms with Crippen molar-refractivity contribution in [2.75, 3.05) is 19.0 Å². The van der Waals surface area contributed by atoms with Crippen molar-refractivity contribution >= 4 is 29.2 Å². The molecule has 0 saturated heterocycles. The van der Waals surface area contributed by atoms with Crippen molar-refractivity contribution in [3.05, 3.63) is 58.6 Å². The molecule has 0 bridgehead atoms. The highest BCUT2D eigenvalue weighted by Gasteiger charge is 2.12. The van der Waals surface area contributed by atoms with Gasteiger partial charge >= 0.3 is 5.97 Å². The van der Waals surface area contributed by atoms with E-state index in [1.54, 1.807) is 31.4 Å². The van der Waals surface area contributed by atoms with Crippen LogP contribution in [-0.4, -0.2) is 25.6 Å². The zero-order valence-electron chi connectivity index (χ0n) is 14.2. The lowest BCUT2D eigenvalue weighted by Gasteiger charge is -2.10. The Balaban J connectivity index is 2.04. The van der Waals surface area contributed by atoms with E-state index < -0.39 is 5.97 Å². The minimum absolute atomic E-state index is 0.185. The molecular weight excluding hydrogens is 342 g/mol. The van der Waals surface area contributed by atoms with Gasteiger partial charge in [-0.25, -0.2) is 4.79 Å². The average Bonchev–Trinajstić information content (AvgIpc) is 2.62. The molecule has 2 rings (SSSR count). The van der Waals surface area contributed by atoms with Crippen LogP contribution in [0, 0.1) is 0 Å². The van der Waals surface area contributed by atoms with Gasteiger partial charge in [0.25, 0.3) is 0 Å². The van der Waals surface area contributed by atoms with Gasteiger partial charge in [0.1, 0.15) is 5.75 Å². The molecule has 2 aromatic rings. The fourth-order valence-corrected chi connectivity index (χ4v) is 2.31. The number of halogens is 1. The number of benzene rings is 2. The molecule has 0 heterocycles. The van der Waals surface area contributed by atoms with E-state index in [1.807, 2.05) is 19.1 Å². The topological polar surface area (TPSA) is 64.6 Å². The van der Waals surface area contributed by atoms with Gasteiger partial charge in [-0.15, -0.1) is 0 Å². The smallest absolute Gasteiger partial charge is 0.338 e. The number of carbonyl (C=O) groups excluding carboxylic acids is 2. The highest BCUT2D eigenvalue weighted by molar-refractivity contribution is 6.33. The molecule has 25 heavy (non-hydrogen) atoms. The molecule has 132 valence electrons. The SMILES string of the molecule is CCCOC(=O)c1ccc(Cl)c(NC(=O)Cc2ccc(OC)cc2)c1. The van der Waals surface area contributed by atoms with E-state index in [4.69, 9.17) is 21.1 Å². The second kappa shape index (κ2) is 9.08. The first kappa shape index (κ1) is 18.8. The van der Waals surface area contributed by atoms with Gasteiger partial charge in [-0.2, -0.15) is 0 Å². The van der Waals surface area contributed by atoms with Crippen LogP contribution >= 0.6 is 11.6 Å². The summed E-state index contributed by atoms with van der Waals surface area (Å²) in [5, 5.41) is 3.09. The zero-order valence-corrected chi connectivity index (χ0v) is 14.9. The maximum Gasteiger partial charge on any atom is 0.338 e. The summed E-state index contributed by atoms with van der Waals surface area (Å²) in [5.41, 5.74) is 1.57. The van der Waals surface area contributed by atoms with E-state index in [0.717, 1.165) is 17.7 Å². The molecule has 1 N–H and O–H groups in total. The Kier molecular flexibility index (Phi) is 6.83. The van der Waals surface area contributed by atoms with E-state index >= 15 is 0 Å². The molecule has 2 aromatic carbocycles. The summed E-state index contributed by atoms with van der Waals surface area (Å²) in [6.07, 6.45) is 0.926. The minimum atomic E-state index is -0.441. The first-order valence-corrected chi connectivity index (χ1v) is 8.30. The molecule has 6 heteroatoms. The number of rotatable bonds is 7. The molecule has 0 aromatic heterocycles. The summed E-state index contributed by atoms with van der Waals surface area (Å²) < 4.78 is 10.2. The van der Waals surface area contributed by atoms with Crippen LogP contribution in [0.25, 0.3) is 0 Å². The molecular formula is C19H20ClNO4. The lowest BCUT2D eigenvalue weighted by atomic mass is 10.1. The summed E-state index contributed by atoms with van der Waals surface area (Å²) in [4.78, 5) is 24.1. The molecule has 0 atom stereocenters. The number of esters is 1. The van der Waals surface area contributed by atoms with E-state index in [0.29, 0.717) is 22.9 Å². The Hall–Kier alpha value is -2.53. The van der Waals surface area contributed by atoms with Crippen LogP contribution in [0.2, 0.25) is 5.02 Å². The molecule has 0 saturated carbocycles. The molecule has 0 spiro atoms. The van der Waals surface area contributed by atoms with Crippen LogP contribution < -0.4 is 10.1 Å². The number of carbonyl (C=O) groups is 2. The first-order chi connectivity index (χ1) is 12.0. The van der Waals surface area contributed by atoms with Crippen molar-refractivity contribution in [3.63, 3.8) is 0 Å². The zero-order chi connectivity index (χ0) is 18.2. The van der Waals surface area contributed by atoms with Gasteiger partial charge in [0.05, 0.1) is 36.4 Å². The Morgan fingerprint density at radius 3 is 2.48 bits per heavy atom. The van der Waals surface area contributed by atoms with Crippen molar-refractivity contribution in [2.24, 2.45) is 0 Å². The number of methoxy groups -OCH3 is 1. The maximum absolute atomic E-state index is 12.2. The molecule has 0 aliphatic heterocycles. The summed E-state index contributed by atoms with van der Waals surface area (Å²) in [6.45, 7) is 2.26. The Morgan fingerprint density at radius 2 is 1.84 bits per heavy atom.